The summed E-state index contributed by atoms with van der Waals surface area (Å²) in [6.07, 6.45) is 0.192. The maximum Gasteiger partial charge on any atom is 0.244 e. The number of nitrogens with zero attached hydrogens (tertiary/aromatic N) is 2. The van der Waals surface area contributed by atoms with E-state index >= 15 is 0 Å². The maximum atomic E-state index is 14.0. The van der Waals surface area contributed by atoms with E-state index in [4.69, 9.17) is 9.47 Å². The number of hydrogen-bond donors (Lipinski definition) is 1. The van der Waals surface area contributed by atoms with Crippen molar-refractivity contribution < 1.29 is 31.9 Å². The Hall–Kier alpha value is -4.12. The molecular formula is C28H30FN3O6S. The van der Waals surface area contributed by atoms with E-state index in [1.54, 1.807) is 12.1 Å². The van der Waals surface area contributed by atoms with Crippen molar-refractivity contribution in [1.29, 1.82) is 0 Å². The van der Waals surface area contributed by atoms with Crippen LogP contribution in [0.4, 0.5) is 10.1 Å². The quantitative estimate of drug-likeness (QED) is 0.390. The maximum absolute atomic E-state index is 14.0. The standard InChI is InChI=1S/C28H30FN3O6S/c1-3-39(35,36)32(23-13-14-25-26(16-23)38-19-37-25)18-27(33)31(17-21-9-11-22(29)12-10-21)24(28(34)30-2)15-20-7-5-4-6-8-20/h4-14,16,24H,3,15,17-19H2,1-2H3,(H,30,34)/t24-/m0/s1. The molecule has 1 aliphatic heterocycles. The summed E-state index contributed by atoms with van der Waals surface area (Å²) in [6, 6.07) is 18.5. The topological polar surface area (TPSA) is 105 Å². The Balaban J connectivity index is 1.72. The van der Waals surface area contributed by atoms with Crippen molar-refractivity contribution in [2.75, 3.05) is 30.4 Å². The molecule has 0 aliphatic carbocycles. The number of halogens is 1. The zero-order valence-corrected chi connectivity index (χ0v) is 22.5. The van der Waals surface area contributed by atoms with Crippen LogP contribution in [0.2, 0.25) is 0 Å². The van der Waals surface area contributed by atoms with E-state index in [1.165, 1.54) is 49.2 Å². The fourth-order valence-electron chi connectivity index (χ4n) is 4.27. The van der Waals surface area contributed by atoms with Gasteiger partial charge in [-0.1, -0.05) is 42.5 Å². The largest absolute Gasteiger partial charge is 0.454 e. The molecule has 11 heteroatoms. The van der Waals surface area contributed by atoms with Crippen molar-refractivity contribution in [3.63, 3.8) is 0 Å². The van der Waals surface area contributed by atoms with Crippen molar-refractivity contribution >= 4 is 27.5 Å². The SMILES string of the molecule is CCS(=O)(=O)N(CC(=O)N(Cc1ccc(F)cc1)[C@@H](Cc1ccccc1)C(=O)NC)c1ccc2c(c1)OCO2. The number of rotatable bonds is 11. The third-order valence-electron chi connectivity index (χ3n) is 6.41. The number of hydrogen-bond acceptors (Lipinski definition) is 6. The molecule has 0 spiro atoms. The van der Waals surface area contributed by atoms with Crippen LogP contribution in [0, 0.1) is 5.82 Å². The highest BCUT2D eigenvalue weighted by Gasteiger charge is 2.33. The highest BCUT2D eigenvalue weighted by atomic mass is 32.2. The van der Waals surface area contributed by atoms with Gasteiger partial charge in [-0.15, -0.1) is 0 Å². The molecule has 0 unspecified atom stereocenters. The molecule has 0 saturated heterocycles. The molecule has 0 radical (unpaired) electrons. The van der Waals surface area contributed by atoms with E-state index in [1.807, 2.05) is 30.3 Å². The monoisotopic (exact) mass is 555 g/mol. The van der Waals surface area contributed by atoms with Gasteiger partial charge in [-0.2, -0.15) is 0 Å². The Morgan fingerprint density at radius 2 is 1.67 bits per heavy atom. The van der Waals surface area contributed by atoms with E-state index in [2.05, 4.69) is 5.32 Å². The van der Waals surface area contributed by atoms with Crippen LogP contribution in [0.5, 0.6) is 11.5 Å². The van der Waals surface area contributed by atoms with Crippen LogP contribution in [0.15, 0.2) is 72.8 Å². The molecule has 0 saturated carbocycles. The molecule has 1 heterocycles. The summed E-state index contributed by atoms with van der Waals surface area (Å²) < 4.78 is 51.7. The normalized spacial score (nSPS) is 13.0. The van der Waals surface area contributed by atoms with Gasteiger partial charge in [0.2, 0.25) is 28.6 Å². The third-order valence-corrected chi connectivity index (χ3v) is 8.15. The molecule has 9 nitrogen and oxygen atoms in total. The molecule has 0 bridgehead atoms. The van der Waals surface area contributed by atoms with E-state index in [0.717, 1.165) is 9.87 Å². The number of ether oxygens (including phenoxy) is 2. The average Bonchev–Trinajstić information content (AvgIpc) is 3.42. The van der Waals surface area contributed by atoms with Crippen LogP contribution >= 0.6 is 0 Å². The first-order valence-corrected chi connectivity index (χ1v) is 14.0. The minimum absolute atomic E-state index is 0.0109. The number of likely N-dealkylation sites (N-methyl/N-ethyl adjacent to an activating group) is 1. The van der Waals surface area contributed by atoms with Crippen LogP contribution in [-0.2, 0) is 32.6 Å². The van der Waals surface area contributed by atoms with Crippen LogP contribution < -0.4 is 19.1 Å². The molecule has 39 heavy (non-hydrogen) atoms. The molecule has 3 aromatic carbocycles. The second-order valence-corrected chi connectivity index (χ2v) is 11.1. The van der Waals surface area contributed by atoms with E-state index in [0.29, 0.717) is 17.1 Å². The number of amides is 2. The van der Waals surface area contributed by atoms with Gasteiger partial charge in [0.05, 0.1) is 11.4 Å². The van der Waals surface area contributed by atoms with E-state index < -0.39 is 40.2 Å². The van der Waals surface area contributed by atoms with Gasteiger partial charge in [-0.3, -0.25) is 13.9 Å². The number of benzene rings is 3. The van der Waals surface area contributed by atoms with Crippen molar-refractivity contribution in [2.45, 2.75) is 25.9 Å². The first-order chi connectivity index (χ1) is 18.7. The molecule has 3 aromatic rings. The predicted octanol–water partition coefficient (Wildman–Crippen LogP) is 3.10. The molecule has 1 atom stereocenters. The summed E-state index contributed by atoms with van der Waals surface area (Å²) in [7, 11) is -2.44. The summed E-state index contributed by atoms with van der Waals surface area (Å²) in [4.78, 5) is 28.4. The lowest BCUT2D eigenvalue weighted by Gasteiger charge is -2.33. The first kappa shape index (κ1) is 27.9. The third kappa shape index (κ3) is 6.66. The minimum atomic E-state index is -3.91. The highest BCUT2D eigenvalue weighted by molar-refractivity contribution is 7.92. The Labute approximate surface area is 227 Å². The Bertz CT molecular complexity index is 1420. The smallest absolute Gasteiger partial charge is 0.244 e. The second-order valence-electron chi connectivity index (χ2n) is 8.91. The van der Waals surface area contributed by atoms with Gasteiger partial charge in [0.15, 0.2) is 11.5 Å². The number of sulfonamides is 1. The predicted molar refractivity (Wildman–Crippen MR) is 144 cm³/mol. The van der Waals surface area contributed by atoms with Crippen LogP contribution in [-0.4, -0.2) is 57.3 Å². The van der Waals surface area contributed by atoms with Crippen molar-refractivity contribution in [2.24, 2.45) is 0 Å². The van der Waals surface area contributed by atoms with E-state index in [9.17, 15) is 22.4 Å². The Morgan fingerprint density at radius 1 is 0.974 bits per heavy atom. The summed E-state index contributed by atoms with van der Waals surface area (Å²) in [6.45, 7) is 0.903. The fourth-order valence-corrected chi connectivity index (χ4v) is 5.32. The zero-order chi connectivity index (χ0) is 28.0. The lowest BCUT2D eigenvalue weighted by Crippen LogP contribution is -2.53. The van der Waals surface area contributed by atoms with Gasteiger partial charge in [0, 0.05) is 26.1 Å². The van der Waals surface area contributed by atoms with Crippen LogP contribution in [0.1, 0.15) is 18.1 Å². The number of carbonyl (C=O) groups excluding carboxylic acids is 2. The molecule has 206 valence electrons. The minimum Gasteiger partial charge on any atom is -0.454 e. The Morgan fingerprint density at radius 3 is 2.33 bits per heavy atom. The molecule has 1 N–H and O–H groups in total. The molecule has 0 fully saturated rings. The van der Waals surface area contributed by atoms with Gasteiger partial charge in [-0.05, 0) is 42.3 Å². The van der Waals surface area contributed by atoms with Gasteiger partial charge in [0.25, 0.3) is 0 Å². The van der Waals surface area contributed by atoms with Gasteiger partial charge in [0.1, 0.15) is 18.4 Å². The summed E-state index contributed by atoms with van der Waals surface area (Å²) in [5.74, 6) is -0.867. The zero-order valence-electron chi connectivity index (χ0n) is 21.7. The summed E-state index contributed by atoms with van der Waals surface area (Å²) in [5.41, 5.74) is 1.63. The molecule has 1 aliphatic rings. The molecule has 0 aromatic heterocycles. The van der Waals surface area contributed by atoms with Gasteiger partial charge >= 0.3 is 0 Å². The van der Waals surface area contributed by atoms with Crippen molar-refractivity contribution in [3.8, 4) is 11.5 Å². The fraction of sp³-hybridized carbons (Fsp3) is 0.286. The molecule has 2 amide bonds. The van der Waals surface area contributed by atoms with Crippen LogP contribution in [0.25, 0.3) is 0 Å². The lowest BCUT2D eigenvalue weighted by molar-refractivity contribution is -0.139. The average molecular weight is 556 g/mol. The summed E-state index contributed by atoms with van der Waals surface area (Å²) in [5, 5.41) is 2.62. The highest BCUT2D eigenvalue weighted by Crippen LogP contribution is 2.36. The van der Waals surface area contributed by atoms with Crippen molar-refractivity contribution in [3.05, 3.63) is 89.7 Å². The second kappa shape index (κ2) is 12.2. The molecule has 4 rings (SSSR count). The first-order valence-electron chi connectivity index (χ1n) is 12.4. The van der Waals surface area contributed by atoms with Gasteiger partial charge < -0.3 is 19.7 Å². The number of anilines is 1. The van der Waals surface area contributed by atoms with E-state index in [-0.39, 0.29) is 31.2 Å². The lowest BCUT2D eigenvalue weighted by atomic mass is 10.0. The summed E-state index contributed by atoms with van der Waals surface area (Å²) >= 11 is 0. The van der Waals surface area contributed by atoms with Crippen molar-refractivity contribution in [1.82, 2.24) is 10.2 Å². The van der Waals surface area contributed by atoms with Gasteiger partial charge in [-0.25, -0.2) is 12.8 Å². The number of carbonyl (C=O) groups is 2. The number of fused-ring (bicyclic) bond motifs is 1. The van der Waals surface area contributed by atoms with Crippen LogP contribution in [0.3, 0.4) is 0 Å². The molecular weight excluding hydrogens is 525 g/mol. The number of nitrogens with one attached hydrogen (secondary N) is 1. The Kier molecular flexibility index (Phi) is 8.70.